The number of ether oxygens (including phenoxy) is 4. The van der Waals surface area contributed by atoms with Gasteiger partial charge in [-0.1, -0.05) is 12.1 Å². The van der Waals surface area contributed by atoms with Gasteiger partial charge in [-0.25, -0.2) is 0 Å². The lowest BCUT2D eigenvalue weighted by molar-refractivity contribution is -0.123. The molecule has 0 N–H and O–H groups in total. The molecule has 0 saturated heterocycles. The molecule has 0 aliphatic carbocycles. The number of hydrogen-bond donors (Lipinski definition) is 0. The van der Waals surface area contributed by atoms with E-state index in [4.69, 9.17) is 18.9 Å². The van der Waals surface area contributed by atoms with Crippen LogP contribution >= 0.6 is 0 Å². The molecule has 4 nitrogen and oxygen atoms in total. The molecule has 0 aliphatic rings. The van der Waals surface area contributed by atoms with Crippen LogP contribution in [0.25, 0.3) is 0 Å². The Labute approximate surface area is 129 Å². The lowest BCUT2D eigenvalue weighted by Crippen LogP contribution is -2.20. The first-order valence-electron chi connectivity index (χ1n) is 8.24. The molecule has 0 aromatic carbocycles. The third-order valence-corrected chi connectivity index (χ3v) is 7.80. The molecule has 0 aliphatic heterocycles. The molecular weight excluding hydrogens is 288 g/mol. The van der Waals surface area contributed by atoms with Crippen LogP contribution in [0.5, 0.6) is 0 Å². The van der Waals surface area contributed by atoms with Crippen molar-refractivity contribution in [2.75, 3.05) is 26.4 Å². The van der Waals surface area contributed by atoms with E-state index in [1.807, 2.05) is 27.7 Å². The van der Waals surface area contributed by atoms with Crippen molar-refractivity contribution in [2.45, 2.75) is 64.5 Å². The molecule has 0 rings (SSSR count). The maximum absolute atomic E-state index is 5.57. The zero-order valence-electron chi connectivity index (χ0n) is 13.9. The van der Waals surface area contributed by atoms with E-state index < -0.39 is 0 Å². The molecule has 0 atom stereocenters. The van der Waals surface area contributed by atoms with Crippen LogP contribution in [0.15, 0.2) is 0 Å². The molecule has 6 heteroatoms. The third kappa shape index (κ3) is 12.0. The molecule has 0 unspecified atom stereocenters. The van der Waals surface area contributed by atoms with Crippen LogP contribution in [0.3, 0.4) is 0 Å². The second-order valence-corrected chi connectivity index (χ2v) is 8.66. The lowest BCUT2D eigenvalue weighted by Gasteiger charge is -2.17. The highest BCUT2D eigenvalue weighted by molar-refractivity contribution is 6.42. The van der Waals surface area contributed by atoms with E-state index in [2.05, 4.69) is 0 Å². The van der Waals surface area contributed by atoms with Gasteiger partial charge in [0.05, 0.1) is 0 Å². The van der Waals surface area contributed by atoms with Gasteiger partial charge < -0.3 is 18.9 Å². The van der Waals surface area contributed by atoms with E-state index in [-0.39, 0.29) is 31.6 Å². The Bertz CT molecular complexity index is 164. The topological polar surface area (TPSA) is 36.9 Å². The third-order valence-electron chi connectivity index (χ3n) is 3.04. The van der Waals surface area contributed by atoms with Gasteiger partial charge in [-0.2, -0.15) is 0 Å². The molecule has 122 valence electrons. The Morgan fingerprint density at radius 1 is 0.600 bits per heavy atom. The van der Waals surface area contributed by atoms with E-state index in [0.29, 0.717) is 0 Å². The number of rotatable bonds is 15. The standard InChI is InChI=1S/C14H34O4Si2/c1-5-15-13(16-6-2)11-19-9-10-20-12-14(17-7-3)18-8-4/h13-14H,5-12,19-20H2,1-4H3. The molecule has 0 radical (unpaired) electrons. The summed E-state index contributed by atoms with van der Waals surface area (Å²) in [5, 5.41) is 0. The second kappa shape index (κ2) is 15.7. The van der Waals surface area contributed by atoms with Crippen LogP contribution in [0, 0.1) is 0 Å². The van der Waals surface area contributed by atoms with Gasteiger partial charge in [0.2, 0.25) is 0 Å². The summed E-state index contributed by atoms with van der Waals surface area (Å²) in [4.78, 5) is 0. The summed E-state index contributed by atoms with van der Waals surface area (Å²) in [5.41, 5.74) is 0. The molecule has 0 fully saturated rings. The van der Waals surface area contributed by atoms with Crippen LogP contribution in [0.1, 0.15) is 27.7 Å². The molecule has 0 amide bonds. The van der Waals surface area contributed by atoms with E-state index in [9.17, 15) is 0 Å². The first-order valence-corrected chi connectivity index (χ1v) is 12.2. The largest absolute Gasteiger partial charge is 0.353 e. The summed E-state index contributed by atoms with van der Waals surface area (Å²) >= 11 is 0. The van der Waals surface area contributed by atoms with E-state index in [1.165, 1.54) is 12.1 Å². The molecule has 0 bridgehead atoms. The first-order chi connectivity index (χ1) is 9.78. The molecule has 0 aromatic rings. The molecule has 0 spiro atoms. The van der Waals surface area contributed by atoms with Gasteiger partial charge in [0.25, 0.3) is 0 Å². The molecule has 0 saturated carbocycles. The minimum atomic E-state index is -0.0416. The van der Waals surface area contributed by atoms with Crippen molar-refractivity contribution < 1.29 is 18.9 Å². The van der Waals surface area contributed by atoms with Gasteiger partial charge in [0.15, 0.2) is 12.6 Å². The van der Waals surface area contributed by atoms with Crippen LogP contribution in [-0.2, 0) is 18.9 Å². The summed E-state index contributed by atoms with van der Waals surface area (Å²) in [5.74, 6) is 0. The summed E-state index contributed by atoms with van der Waals surface area (Å²) < 4.78 is 22.3. The Hall–Kier alpha value is 0.274. The van der Waals surface area contributed by atoms with Gasteiger partial charge in [0.1, 0.15) is 0 Å². The average molecular weight is 323 g/mol. The lowest BCUT2D eigenvalue weighted by atomic mass is 10.7. The highest BCUT2D eigenvalue weighted by Gasteiger charge is 2.09. The van der Waals surface area contributed by atoms with E-state index >= 15 is 0 Å². The van der Waals surface area contributed by atoms with Crippen LogP contribution < -0.4 is 0 Å². The zero-order valence-corrected chi connectivity index (χ0v) is 16.7. The predicted molar refractivity (Wildman–Crippen MR) is 90.4 cm³/mol. The fraction of sp³-hybridized carbons (Fsp3) is 1.00. The van der Waals surface area contributed by atoms with Crippen molar-refractivity contribution in [1.82, 2.24) is 0 Å². The van der Waals surface area contributed by atoms with Gasteiger partial charge in [0, 0.05) is 45.5 Å². The highest BCUT2D eigenvalue weighted by Crippen LogP contribution is 2.07. The van der Waals surface area contributed by atoms with Crippen molar-refractivity contribution in [3.63, 3.8) is 0 Å². The summed E-state index contributed by atoms with van der Waals surface area (Å²) in [6, 6.07) is 5.12. The van der Waals surface area contributed by atoms with Crippen molar-refractivity contribution in [2.24, 2.45) is 0 Å². The Morgan fingerprint density at radius 3 is 1.15 bits per heavy atom. The van der Waals surface area contributed by atoms with Crippen LogP contribution in [0.2, 0.25) is 24.2 Å². The fourth-order valence-electron chi connectivity index (χ4n) is 2.15. The van der Waals surface area contributed by atoms with Crippen molar-refractivity contribution in [1.29, 1.82) is 0 Å². The summed E-state index contributed by atoms with van der Waals surface area (Å²) in [6.07, 6.45) is 0.107. The minimum absolute atomic E-state index is 0.0416. The van der Waals surface area contributed by atoms with Crippen molar-refractivity contribution in [3.05, 3.63) is 0 Å². The fourth-order valence-corrected chi connectivity index (χ4v) is 6.89. The summed E-state index contributed by atoms with van der Waals surface area (Å²) in [6.45, 7) is 11.1. The number of hydrogen-bond acceptors (Lipinski definition) is 4. The van der Waals surface area contributed by atoms with Crippen molar-refractivity contribution >= 4 is 19.0 Å². The normalized spacial score (nSPS) is 12.9. The van der Waals surface area contributed by atoms with E-state index in [1.54, 1.807) is 0 Å². The van der Waals surface area contributed by atoms with E-state index in [0.717, 1.165) is 38.5 Å². The Kier molecular flexibility index (Phi) is 15.9. The molecule has 20 heavy (non-hydrogen) atoms. The van der Waals surface area contributed by atoms with Gasteiger partial charge in [-0.15, -0.1) is 0 Å². The molecule has 0 aromatic heterocycles. The minimum Gasteiger partial charge on any atom is -0.353 e. The van der Waals surface area contributed by atoms with Gasteiger partial charge in [-0.3, -0.25) is 0 Å². The smallest absolute Gasteiger partial charge is 0.154 e. The Balaban J connectivity index is 3.53. The monoisotopic (exact) mass is 322 g/mol. The first kappa shape index (κ1) is 20.3. The molecule has 0 heterocycles. The maximum Gasteiger partial charge on any atom is 0.154 e. The average Bonchev–Trinajstić information content (AvgIpc) is 2.43. The maximum atomic E-state index is 5.57. The van der Waals surface area contributed by atoms with Gasteiger partial charge >= 0.3 is 0 Å². The van der Waals surface area contributed by atoms with Crippen LogP contribution in [0.4, 0.5) is 0 Å². The predicted octanol–water partition coefficient (Wildman–Crippen LogP) is 1.80. The van der Waals surface area contributed by atoms with Crippen molar-refractivity contribution in [3.8, 4) is 0 Å². The SMILES string of the molecule is CCOC(C[SiH2]CC[SiH2]CC(OCC)OCC)OCC. The summed E-state index contributed by atoms with van der Waals surface area (Å²) in [7, 11) is -0.0831. The van der Waals surface area contributed by atoms with Crippen LogP contribution in [-0.4, -0.2) is 58.0 Å². The molecular formula is C14H34O4Si2. The quantitative estimate of drug-likeness (QED) is 0.262. The second-order valence-electron chi connectivity index (χ2n) is 4.67. The zero-order chi connectivity index (χ0) is 15.1. The Morgan fingerprint density at radius 2 is 0.900 bits per heavy atom. The highest BCUT2D eigenvalue weighted by atomic mass is 28.2. The van der Waals surface area contributed by atoms with Gasteiger partial charge in [-0.05, 0) is 39.8 Å².